The summed E-state index contributed by atoms with van der Waals surface area (Å²) in [6.07, 6.45) is 0.140. The highest BCUT2D eigenvalue weighted by Crippen LogP contribution is 2.16. The van der Waals surface area contributed by atoms with Crippen LogP contribution >= 0.6 is 0 Å². The number of nitrogens with one attached hydrogen (secondary N) is 1. The van der Waals surface area contributed by atoms with Crippen molar-refractivity contribution in [2.75, 3.05) is 40.4 Å². The minimum absolute atomic E-state index is 0.0238. The Labute approximate surface area is 110 Å². The smallest absolute Gasteiger partial charge is 0.241 e. The SMILES string of the molecule is COCCN(C)CCN1C(=O)C(C(C)C)NC1C. The molecule has 5 heteroatoms. The van der Waals surface area contributed by atoms with Crippen LogP contribution in [0.25, 0.3) is 0 Å². The van der Waals surface area contributed by atoms with Gasteiger partial charge in [0, 0.05) is 26.7 Å². The van der Waals surface area contributed by atoms with Crippen LogP contribution in [0, 0.1) is 5.92 Å². The minimum Gasteiger partial charge on any atom is -0.383 e. The molecule has 0 saturated carbocycles. The number of likely N-dealkylation sites (N-methyl/N-ethyl adjacent to an activating group) is 1. The molecule has 0 spiro atoms. The van der Waals surface area contributed by atoms with E-state index < -0.39 is 0 Å². The summed E-state index contributed by atoms with van der Waals surface area (Å²) in [6.45, 7) is 9.49. The molecule has 1 fully saturated rings. The predicted octanol–water partition coefficient (Wildman–Crippen LogP) is 0.367. The Hall–Kier alpha value is -0.650. The second kappa shape index (κ2) is 7.07. The van der Waals surface area contributed by atoms with E-state index in [1.165, 1.54) is 0 Å². The van der Waals surface area contributed by atoms with E-state index in [1.54, 1.807) is 7.11 Å². The minimum atomic E-state index is -0.0238. The maximum absolute atomic E-state index is 12.2. The molecule has 18 heavy (non-hydrogen) atoms. The van der Waals surface area contributed by atoms with Crippen LogP contribution in [0.3, 0.4) is 0 Å². The van der Waals surface area contributed by atoms with E-state index in [2.05, 4.69) is 38.0 Å². The maximum atomic E-state index is 12.2. The van der Waals surface area contributed by atoms with Gasteiger partial charge in [-0.05, 0) is 19.9 Å². The number of methoxy groups -OCH3 is 1. The highest BCUT2D eigenvalue weighted by atomic mass is 16.5. The molecule has 2 atom stereocenters. The Bertz CT molecular complexity index is 271. The summed E-state index contributed by atoms with van der Waals surface area (Å²) >= 11 is 0. The lowest BCUT2D eigenvalue weighted by molar-refractivity contribution is -0.130. The Morgan fingerprint density at radius 3 is 2.61 bits per heavy atom. The third-order valence-corrected chi connectivity index (χ3v) is 3.50. The Morgan fingerprint density at radius 1 is 1.44 bits per heavy atom. The summed E-state index contributed by atoms with van der Waals surface area (Å²) in [6, 6.07) is -0.0238. The van der Waals surface area contributed by atoms with Gasteiger partial charge < -0.3 is 14.5 Å². The van der Waals surface area contributed by atoms with Crippen LogP contribution in [0.1, 0.15) is 20.8 Å². The molecule has 106 valence electrons. The fourth-order valence-electron chi connectivity index (χ4n) is 2.21. The average Bonchev–Trinajstić information content (AvgIpc) is 2.60. The first-order valence-electron chi connectivity index (χ1n) is 6.71. The Balaban J connectivity index is 2.40. The molecule has 1 heterocycles. The summed E-state index contributed by atoms with van der Waals surface area (Å²) < 4.78 is 5.04. The quantitative estimate of drug-likeness (QED) is 0.715. The summed E-state index contributed by atoms with van der Waals surface area (Å²) in [7, 11) is 3.76. The van der Waals surface area contributed by atoms with Gasteiger partial charge in [0.1, 0.15) is 0 Å². The molecule has 1 N–H and O–H groups in total. The van der Waals surface area contributed by atoms with E-state index in [0.717, 1.165) is 26.2 Å². The Kier molecular flexibility index (Phi) is 6.05. The molecule has 0 radical (unpaired) electrons. The van der Waals surface area contributed by atoms with Crippen molar-refractivity contribution in [2.45, 2.75) is 33.0 Å². The average molecular weight is 257 g/mol. The van der Waals surface area contributed by atoms with Crippen molar-refractivity contribution in [2.24, 2.45) is 5.92 Å². The van der Waals surface area contributed by atoms with Crippen LogP contribution < -0.4 is 5.32 Å². The molecule has 1 aliphatic heterocycles. The van der Waals surface area contributed by atoms with Crippen LogP contribution in [0.2, 0.25) is 0 Å². The first-order chi connectivity index (χ1) is 8.47. The lowest BCUT2D eigenvalue weighted by Gasteiger charge is -2.24. The summed E-state index contributed by atoms with van der Waals surface area (Å²) in [5.74, 6) is 0.578. The highest BCUT2D eigenvalue weighted by Gasteiger charge is 2.37. The standard InChI is InChI=1S/C13H27N3O2/c1-10(2)12-13(17)16(11(3)14-12)7-6-15(4)8-9-18-5/h10-12,14H,6-9H2,1-5H3. The zero-order chi connectivity index (χ0) is 13.7. The van der Waals surface area contributed by atoms with Crippen LogP contribution in [0.4, 0.5) is 0 Å². The lowest BCUT2D eigenvalue weighted by atomic mass is 10.1. The molecular formula is C13H27N3O2. The summed E-state index contributed by atoms with van der Waals surface area (Å²) in [5, 5.41) is 3.35. The van der Waals surface area contributed by atoms with Crippen molar-refractivity contribution in [3.05, 3.63) is 0 Å². The second-order valence-corrected chi connectivity index (χ2v) is 5.39. The Morgan fingerprint density at radius 2 is 2.11 bits per heavy atom. The number of hydrogen-bond acceptors (Lipinski definition) is 4. The van der Waals surface area contributed by atoms with Gasteiger partial charge in [0.2, 0.25) is 5.91 Å². The van der Waals surface area contributed by atoms with Crippen LogP contribution in [-0.2, 0) is 9.53 Å². The summed E-state index contributed by atoms with van der Waals surface area (Å²) in [5.41, 5.74) is 0. The summed E-state index contributed by atoms with van der Waals surface area (Å²) in [4.78, 5) is 16.3. The molecule has 0 aliphatic carbocycles. The van der Waals surface area contributed by atoms with Crippen molar-refractivity contribution in [1.82, 2.24) is 15.1 Å². The van der Waals surface area contributed by atoms with Gasteiger partial charge in [-0.3, -0.25) is 10.1 Å². The molecule has 0 aromatic heterocycles. The topological polar surface area (TPSA) is 44.8 Å². The number of ether oxygens (including phenoxy) is 1. The zero-order valence-electron chi connectivity index (χ0n) is 12.3. The third-order valence-electron chi connectivity index (χ3n) is 3.50. The van der Waals surface area contributed by atoms with Gasteiger partial charge in [0.15, 0.2) is 0 Å². The zero-order valence-corrected chi connectivity index (χ0v) is 12.3. The maximum Gasteiger partial charge on any atom is 0.241 e. The van der Waals surface area contributed by atoms with Crippen LogP contribution in [0.5, 0.6) is 0 Å². The highest BCUT2D eigenvalue weighted by molar-refractivity contribution is 5.84. The molecule has 1 aliphatic rings. The van der Waals surface area contributed by atoms with Crippen molar-refractivity contribution < 1.29 is 9.53 Å². The largest absolute Gasteiger partial charge is 0.383 e. The van der Waals surface area contributed by atoms with Crippen molar-refractivity contribution in [1.29, 1.82) is 0 Å². The monoisotopic (exact) mass is 257 g/mol. The number of rotatable bonds is 7. The van der Waals surface area contributed by atoms with Crippen molar-refractivity contribution >= 4 is 5.91 Å². The van der Waals surface area contributed by atoms with Gasteiger partial charge in [-0.1, -0.05) is 13.8 Å². The van der Waals surface area contributed by atoms with Crippen molar-refractivity contribution in [3.63, 3.8) is 0 Å². The van der Waals surface area contributed by atoms with Gasteiger partial charge in [-0.15, -0.1) is 0 Å². The van der Waals surface area contributed by atoms with E-state index in [4.69, 9.17) is 4.74 Å². The number of carbonyl (C=O) groups excluding carboxylic acids is 1. The van der Waals surface area contributed by atoms with Gasteiger partial charge >= 0.3 is 0 Å². The third kappa shape index (κ3) is 3.93. The van der Waals surface area contributed by atoms with E-state index in [9.17, 15) is 4.79 Å². The molecule has 0 bridgehead atoms. The van der Waals surface area contributed by atoms with Crippen LogP contribution in [0.15, 0.2) is 0 Å². The normalized spacial score (nSPS) is 24.6. The molecule has 2 unspecified atom stereocenters. The number of hydrogen-bond donors (Lipinski definition) is 1. The van der Waals surface area contributed by atoms with Gasteiger partial charge in [0.05, 0.1) is 18.8 Å². The molecule has 5 nitrogen and oxygen atoms in total. The fraction of sp³-hybridized carbons (Fsp3) is 0.923. The van der Waals surface area contributed by atoms with Gasteiger partial charge in [-0.2, -0.15) is 0 Å². The molecule has 0 aromatic rings. The van der Waals surface area contributed by atoms with Crippen molar-refractivity contribution in [3.8, 4) is 0 Å². The van der Waals surface area contributed by atoms with E-state index in [-0.39, 0.29) is 18.1 Å². The number of carbonyl (C=O) groups is 1. The number of nitrogens with zero attached hydrogens (tertiary/aromatic N) is 2. The molecule has 0 aromatic carbocycles. The fourth-order valence-corrected chi connectivity index (χ4v) is 2.21. The van der Waals surface area contributed by atoms with E-state index in [0.29, 0.717) is 5.92 Å². The van der Waals surface area contributed by atoms with E-state index in [1.807, 2.05) is 4.90 Å². The predicted molar refractivity (Wildman–Crippen MR) is 72.3 cm³/mol. The lowest BCUT2D eigenvalue weighted by Crippen LogP contribution is -2.40. The van der Waals surface area contributed by atoms with Gasteiger partial charge in [0.25, 0.3) is 0 Å². The molecule has 1 rings (SSSR count). The molecule has 1 saturated heterocycles. The first-order valence-corrected chi connectivity index (χ1v) is 6.71. The molecule has 1 amide bonds. The van der Waals surface area contributed by atoms with Crippen LogP contribution in [-0.4, -0.2) is 68.3 Å². The second-order valence-electron chi connectivity index (χ2n) is 5.39. The number of amides is 1. The van der Waals surface area contributed by atoms with Gasteiger partial charge in [-0.25, -0.2) is 0 Å². The molecular weight excluding hydrogens is 230 g/mol. The van der Waals surface area contributed by atoms with E-state index >= 15 is 0 Å². The first kappa shape index (κ1) is 15.4.